The average Bonchev–Trinajstić information content (AvgIpc) is 2.95. The van der Waals surface area contributed by atoms with Crippen molar-refractivity contribution in [2.45, 2.75) is 117 Å². The molecule has 0 aromatic heterocycles. The maximum atomic E-state index is 12.9. The molecular weight excluding hydrogens is 680 g/mol. The molecule has 0 spiro atoms. The minimum Gasteiger partial charge on any atom is -0.463 e. The summed E-state index contributed by atoms with van der Waals surface area (Å²) in [4.78, 5) is 122. The topological polar surface area (TPSA) is 263 Å². The molecule has 1 fully saturated rings. The summed E-state index contributed by atoms with van der Waals surface area (Å²) >= 11 is 0. The first-order valence-electron chi connectivity index (χ1n) is 14.8. The first-order valence-corrected chi connectivity index (χ1v) is 14.8. The van der Waals surface area contributed by atoms with Gasteiger partial charge in [-0.1, -0.05) is 0 Å². The van der Waals surface area contributed by atoms with Gasteiger partial charge in [-0.25, -0.2) is 0 Å². The number of carbonyl (C=O) groups is 10. The van der Waals surface area contributed by atoms with Gasteiger partial charge in [-0.2, -0.15) is 0 Å². The lowest BCUT2D eigenvalue weighted by Crippen LogP contribution is -2.63. The number of Topliss-reactive ketones (excluding diaryl/α,β-unsaturated/α-hetero) is 2. The molecule has 0 amide bonds. The monoisotopic (exact) mass is 720 g/mol. The second-order valence-corrected chi connectivity index (χ2v) is 10.6. The van der Waals surface area contributed by atoms with Crippen molar-refractivity contribution in [1.29, 1.82) is 0 Å². The summed E-state index contributed by atoms with van der Waals surface area (Å²) in [6.45, 7) is 6.82. The molecule has 9 atom stereocenters. The fourth-order valence-corrected chi connectivity index (χ4v) is 4.61. The summed E-state index contributed by atoms with van der Waals surface area (Å²) in [7, 11) is 0. The molecule has 0 radical (unpaired) electrons. The number of ketones is 2. The molecule has 20 nitrogen and oxygen atoms in total. The highest BCUT2D eigenvalue weighted by Crippen LogP contribution is 2.31. The summed E-state index contributed by atoms with van der Waals surface area (Å²) in [6.07, 6.45) is -16.5. The highest BCUT2D eigenvalue weighted by molar-refractivity contribution is 6.38. The van der Waals surface area contributed by atoms with Crippen LogP contribution >= 0.6 is 0 Å². The lowest BCUT2D eigenvalue weighted by molar-refractivity contribution is -0.313. The highest BCUT2D eigenvalue weighted by Gasteiger charge is 2.54. The molecule has 1 heterocycles. The third-order valence-corrected chi connectivity index (χ3v) is 6.18. The fourth-order valence-electron chi connectivity index (χ4n) is 4.61. The highest BCUT2D eigenvalue weighted by atomic mass is 16.7. The minimum absolute atomic E-state index is 0.618. The lowest BCUT2D eigenvalue weighted by Gasteiger charge is -2.44. The Morgan fingerprint density at radius 3 is 1.42 bits per heavy atom. The van der Waals surface area contributed by atoms with Crippen LogP contribution in [0.5, 0.6) is 0 Å². The largest absolute Gasteiger partial charge is 0.463 e. The van der Waals surface area contributed by atoms with Crippen LogP contribution in [0, 0.1) is 0 Å². The predicted molar refractivity (Wildman–Crippen MR) is 156 cm³/mol. The third kappa shape index (κ3) is 14.2. The van der Waals surface area contributed by atoms with E-state index in [1.165, 1.54) is 0 Å². The van der Waals surface area contributed by atoms with Gasteiger partial charge in [0.25, 0.3) is 0 Å². The average molecular weight is 721 g/mol. The van der Waals surface area contributed by atoms with Crippen molar-refractivity contribution in [3.05, 3.63) is 0 Å². The van der Waals surface area contributed by atoms with E-state index in [4.69, 9.17) is 47.4 Å². The number of hydrogen-bond donors (Lipinski definition) is 0. The van der Waals surface area contributed by atoms with Crippen LogP contribution in [0.15, 0.2) is 0 Å². The summed E-state index contributed by atoms with van der Waals surface area (Å²) in [6, 6.07) is 0. The maximum absolute atomic E-state index is 12.9. The zero-order chi connectivity index (χ0) is 38.5. The summed E-state index contributed by atoms with van der Waals surface area (Å²) in [5, 5.41) is 0. The van der Waals surface area contributed by atoms with Gasteiger partial charge in [-0.05, 0) is 0 Å². The van der Waals surface area contributed by atoms with Gasteiger partial charge in [0.05, 0.1) is 6.61 Å². The molecule has 0 aromatic carbocycles. The molecule has 1 rings (SSSR count). The Balaban J connectivity index is 3.83. The van der Waals surface area contributed by atoms with Gasteiger partial charge in [-0.3, -0.25) is 47.9 Å². The standard InChI is InChI=1S/C30H40O20/c1-12(31)23(40)26(46-17(6)36)27(47-18(7)37)24(44-15(4)34)21(43-14(3)33)11-42-30-29(49-20(9)39)28(48-19(8)38)25(45-16(5)35)22(50-30)10-41-13(2)32/h21-22,24-30H,10-11H2,1-9H3. The summed E-state index contributed by atoms with van der Waals surface area (Å²) in [5.74, 6) is -10.6. The Morgan fingerprint density at radius 1 is 0.520 bits per heavy atom. The van der Waals surface area contributed by atoms with E-state index < -0.39 is 128 Å². The van der Waals surface area contributed by atoms with Crippen molar-refractivity contribution in [3.8, 4) is 0 Å². The van der Waals surface area contributed by atoms with E-state index in [1.54, 1.807) is 0 Å². The molecule has 9 unspecified atom stereocenters. The molecule has 0 bridgehead atoms. The van der Waals surface area contributed by atoms with Gasteiger partial charge in [0.2, 0.25) is 11.9 Å². The van der Waals surface area contributed by atoms with Crippen molar-refractivity contribution in [1.82, 2.24) is 0 Å². The summed E-state index contributed by atoms with van der Waals surface area (Å²) in [5.41, 5.74) is 0. The first-order chi connectivity index (χ1) is 23.1. The third-order valence-electron chi connectivity index (χ3n) is 6.18. The Hall–Kier alpha value is -4.98. The van der Waals surface area contributed by atoms with E-state index in [2.05, 4.69) is 0 Å². The van der Waals surface area contributed by atoms with E-state index >= 15 is 0 Å². The molecule has 0 aliphatic carbocycles. The van der Waals surface area contributed by atoms with Crippen molar-refractivity contribution in [2.24, 2.45) is 0 Å². The van der Waals surface area contributed by atoms with Crippen LogP contribution in [0.4, 0.5) is 0 Å². The van der Waals surface area contributed by atoms with Crippen LogP contribution < -0.4 is 0 Å². The van der Waals surface area contributed by atoms with Gasteiger partial charge in [-0.15, -0.1) is 0 Å². The van der Waals surface area contributed by atoms with Crippen LogP contribution in [0.25, 0.3) is 0 Å². The van der Waals surface area contributed by atoms with E-state index in [9.17, 15) is 47.9 Å². The number of ether oxygens (including phenoxy) is 10. The van der Waals surface area contributed by atoms with Crippen LogP contribution in [0.3, 0.4) is 0 Å². The van der Waals surface area contributed by atoms with E-state index in [0.717, 1.165) is 62.3 Å². The minimum atomic E-state index is -2.22. The van der Waals surface area contributed by atoms with Gasteiger partial charge < -0.3 is 47.4 Å². The number of rotatable bonds is 17. The Kier molecular flexibility index (Phi) is 17.1. The Bertz CT molecular complexity index is 1320. The number of carbonyl (C=O) groups excluding carboxylic acids is 10. The van der Waals surface area contributed by atoms with E-state index in [1.807, 2.05) is 0 Å². The normalized spacial score (nSPS) is 22.1. The molecule has 0 aromatic rings. The van der Waals surface area contributed by atoms with E-state index in [0.29, 0.717) is 0 Å². The molecule has 0 saturated carbocycles. The van der Waals surface area contributed by atoms with Crippen LogP contribution in [-0.4, -0.2) is 128 Å². The zero-order valence-electron chi connectivity index (χ0n) is 28.8. The first kappa shape index (κ1) is 43.0. The van der Waals surface area contributed by atoms with Crippen molar-refractivity contribution >= 4 is 59.3 Å². The lowest BCUT2D eigenvalue weighted by atomic mass is 9.97. The van der Waals surface area contributed by atoms with E-state index in [-0.39, 0.29) is 0 Å². The second kappa shape index (κ2) is 19.9. The molecular formula is C30H40O20. The van der Waals surface area contributed by atoms with Crippen molar-refractivity contribution in [2.75, 3.05) is 13.2 Å². The summed E-state index contributed by atoms with van der Waals surface area (Å²) < 4.78 is 53.3. The molecule has 280 valence electrons. The smallest absolute Gasteiger partial charge is 0.303 e. The van der Waals surface area contributed by atoms with Crippen LogP contribution in [0.1, 0.15) is 62.3 Å². The van der Waals surface area contributed by atoms with Crippen molar-refractivity contribution in [3.63, 3.8) is 0 Å². The molecule has 1 saturated heterocycles. The van der Waals surface area contributed by atoms with Gasteiger partial charge in [0.1, 0.15) is 12.7 Å². The molecule has 50 heavy (non-hydrogen) atoms. The van der Waals surface area contributed by atoms with Gasteiger partial charge in [0.15, 0.2) is 48.7 Å². The van der Waals surface area contributed by atoms with Crippen molar-refractivity contribution < 1.29 is 95.3 Å². The molecule has 20 heteroatoms. The second-order valence-electron chi connectivity index (χ2n) is 10.6. The van der Waals surface area contributed by atoms with Gasteiger partial charge in [0, 0.05) is 62.3 Å². The molecule has 0 N–H and O–H groups in total. The Morgan fingerprint density at radius 2 is 0.980 bits per heavy atom. The predicted octanol–water partition coefficient (Wildman–Crippen LogP) is -1.03. The van der Waals surface area contributed by atoms with Gasteiger partial charge >= 0.3 is 47.8 Å². The molecule has 1 aliphatic heterocycles. The quantitative estimate of drug-likeness (QED) is 0.0987. The SMILES string of the molecule is CC(=O)OCC1OC(OCC(OC(C)=O)C(OC(C)=O)C(OC(C)=O)C(OC(C)=O)C(=O)C(C)=O)C(OC(C)=O)C(OC(C)=O)C1OC(C)=O. The number of esters is 8. The van der Waals surface area contributed by atoms with Crippen LogP contribution in [0.2, 0.25) is 0 Å². The zero-order valence-corrected chi connectivity index (χ0v) is 28.8. The fraction of sp³-hybridized carbons (Fsp3) is 0.667. The number of hydrogen-bond acceptors (Lipinski definition) is 20. The maximum Gasteiger partial charge on any atom is 0.303 e. The Labute approximate surface area is 285 Å². The molecule has 1 aliphatic rings. The van der Waals surface area contributed by atoms with Crippen LogP contribution in [-0.2, 0) is 95.3 Å².